The van der Waals surface area contributed by atoms with Crippen LogP contribution in [-0.4, -0.2) is 27.5 Å². The number of nitrogens with zero attached hydrogens (tertiary/aromatic N) is 4. The highest BCUT2D eigenvalue weighted by atomic mass is 19.1. The number of aromatic nitrogens is 3. The minimum Gasteiger partial charge on any atom is -0.357 e. The zero-order valence-electron chi connectivity index (χ0n) is 14.8. The summed E-state index contributed by atoms with van der Waals surface area (Å²) in [6, 6.07) is 3.94. The van der Waals surface area contributed by atoms with Crippen molar-refractivity contribution in [3.05, 3.63) is 47.9 Å². The van der Waals surface area contributed by atoms with Crippen molar-refractivity contribution in [1.29, 1.82) is 0 Å². The molecule has 132 valence electrons. The van der Waals surface area contributed by atoms with Crippen molar-refractivity contribution in [2.24, 2.45) is 0 Å². The van der Waals surface area contributed by atoms with Crippen molar-refractivity contribution in [1.82, 2.24) is 14.4 Å². The minimum atomic E-state index is -0.585. The number of halogens is 2. The van der Waals surface area contributed by atoms with Crippen LogP contribution in [0.4, 0.5) is 14.6 Å². The topological polar surface area (TPSA) is 33.4 Å². The maximum Gasteiger partial charge on any atom is 0.235 e. The summed E-state index contributed by atoms with van der Waals surface area (Å²) in [6.45, 7) is 7.52. The number of anilines is 1. The van der Waals surface area contributed by atoms with Gasteiger partial charge in [-0.1, -0.05) is 19.9 Å². The largest absolute Gasteiger partial charge is 0.357 e. The van der Waals surface area contributed by atoms with Gasteiger partial charge in [0.25, 0.3) is 0 Å². The standard InChI is InChI=1S/C19H22F2N4/c1-4-10-24(11-5-2)18-16(17-14(20)7-6-8-15(17)21)13(3)23-19-22-9-12-25(18)19/h6-9,12H,4-5,10-11H2,1-3H3. The molecule has 0 saturated heterocycles. The van der Waals surface area contributed by atoms with Gasteiger partial charge in [-0.2, -0.15) is 0 Å². The zero-order chi connectivity index (χ0) is 18.0. The molecule has 0 amide bonds. The molecule has 0 aliphatic rings. The SMILES string of the molecule is CCCN(CCC)c1c(-c2c(F)cccc2F)c(C)nc2nccn12. The lowest BCUT2D eigenvalue weighted by Gasteiger charge is -2.28. The van der Waals surface area contributed by atoms with Crippen LogP contribution in [0.25, 0.3) is 16.9 Å². The lowest BCUT2D eigenvalue weighted by Crippen LogP contribution is -2.28. The molecule has 0 radical (unpaired) electrons. The second-order valence-electron chi connectivity index (χ2n) is 6.08. The molecular weight excluding hydrogens is 322 g/mol. The van der Waals surface area contributed by atoms with Gasteiger partial charge in [-0.25, -0.2) is 18.7 Å². The number of hydrogen-bond acceptors (Lipinski definition) is 3. The number of fused-ring (bicyclic) bond motifs is 1. The van der Waals surface area contributed by atoms with Gasteiger partial charge >= 0.3 is 0 Å². The summed E-state index contributed by atoms with van der Waals surface area (Å²) < 4.78 is 30.9. The molecule has 3 aromatic rings. The summed E-state index contributed by atoms with van der Waals surface area (Å²) in [6.07, 6.45) is 5.30. The van der Waals surface area contributed by atoms with Gasteiger partial charge in [-0.3, -0.25) is 4.40 Å². The van der Waals surface area contributed by atoms with Crippen LogP contribution in [0.2, 0.25) is 0 Å². The van der Waals surface area contributed by atoms with Gasteiger partial charge in [0.05, 0.1) is 16.8 Å². The third-order valence-corrected chi connectivity index (χ3v) is 4.20. The van der Waals surface area contributed by atoms with Crippen LogP contribution in [0.5, 0.6) is 0 Å². The fourth-order valence-corrected chi connectivity index (χ4v) is 3.24. The number of aryl methyl sites for hydroxylation is 1. The Morgan fingerprint density at radius 2 is 1.68 bits per heavy atom. The Morgan fingerprint density at radius 1 is 1.04 bits per heavy atom. The van der Waals surface area contributed by atoms with E-state index in [2.05, 4.69) is 28.7 Å². The third-order valence-electron chi connectivity index (χ3n) is 4.20. The van der Waals surface area contributed by atoms with E-state index in [9.17, 15) is 8.78 Å². The van der Waals surface area contributed by atoms with Crippen molar-refractivity contribution < 1.29 is 8.78 Å². The predicted octanol–water partition coefficient (Wildman–Crippen LogP) is 4.61. The van der Waals surface area contributed by atoms with Gasteiger partial charge in [0.2, 0.25) is 5.78 Å². The molecule has 0 fully saturated rings. The Balaban J connectivity index is 2.37. The summed E-state index contributed by atoms with van der Waals surface area (Å²) in [7, 11) is 0. The monoisotopic (exact) mass is 344 g/mol. The van der Waals surface area contributed by atoms with E-state index in [1.54, 1.807) is 19.3 Å². The Kier molecular flexibility index (Phi) is 4.97. The molecule has 25 heavy (non-hydrogen) atoms. The first-order chi connectivity index (χ1) is 12.1. The highest BCUT2D eigenvalue weighted by Crippen LogP contribution is 2.37. The molecule has 0 aliphatic heterocycles. The van der Waals surface area contributed by atoms with Crippen LogP contribution in [0.3, 0.4) is 0 Å². The van der Waals surface area contributed by atoms with Crippen molar-refractivity contribution in [3.8, 4) is 11.1 Å². The van der Waals surface area contributed by atoms with Crippen LogP contribution in [0, 0.1) is 18.6 Å². The summed E-state index contributed by atoms with van der Waals surface area (Å²) >= 11 is 0. The fourth-order valence-electron chi connectivity index (χ4n) is 3.24. The Hall–Kier alpha value is -2.50. The molecule has 0 atom stereocenters. The Labute approximate surface area is 146 Å². The quantitative estimate of drug-likeness (QED) is 0.655. The maximum absolute atomic E-state index is 14.5. The average Bonchev–Trinajstić information content (AvgIpc) is 3.02. The Morgan fingerprint density at radius 3 is 2.28 bits per heavy atom. The molecule has 2 aromatic heterocycles. The molecule has 0 aliphatic carbocycles. The first-order valence-corrected chi connectivity index (χ1v) is 8.61. The van der Waals surface area contributed by atoms with Crippen LogP contribution in [0.15, 0.2) is 30.6 Å². The van der Waals surface area contributed by atoms with Gasteiger partial charge < -0.3 is 4.90 Å². The van der Waals surface area contributed by atoms with Gasteiger partial charge in [-0.15, -0.1) is 0 Å². The van der Waals surface area contributed by atoms with Crippen LogP contribution in [0.1, 0.15) is 32.4 Å². The highest BCUT2D eigenvalue weighted by molar-refractivity contribution is 5.80. The lowest BCUT2D eigenvalue weighted by atomic mass is 10.0. The molecule has 6 heteroatoms. The van der Waals surface area contributed by atoms with E-state index in [1.807, 2.05) is 4.40 Å². The number of imidazole rings is 1. The summed E-state index contributed by atoms with van der Waals surface area (Å²) in [5.41, 5.74) is 1.02. The summed E-state index contributed by atoms with van der Waals surface area (Å²) in [4.78, 5) is 10.9. The van der Waals surface area contributed by atoms with Crippen molar-refractivity contribution in [2.45, 2.75) is 33.6 Å². The van der Waals surface area contributed by atoms with Gasteiger partial charge in [0.15, 0.2) is 0 Å². The third kappa shape index (κ3) is 3.08. The average molecular weight is 344 g/mol. The first-order valence-electron chi connectivity index (χ1n) is 8.61. The number of hydrogen-bond donors (Lipinski definition) is 0. The molecule has 4 nitrogen and oxygen atoms in total. The zero-order valence-corrected chi connectivity index (χ0v) is 14.8. The number of benzene rings is 1. The normalized spacial score (nSPS) is 11.2. The highest BCUT2D eigenvalue weighted by Gasteiger charge is 2.24. The second kappa shape index (κ2) is 7.17. The van der Waals surface area contributed by atoms with Crippen molar-refractivity contribution in [2.75, 3.05) is 18.0 Å². The molecule has 0 spiro atoms. The molecule has 0 N–H and O–H groups in total. The van der Waals surface area contributed by atoms with E-state index in [0.717, 1.165) is 31.7 Å². The lowest BCUT2D eigenvalue weighted by molar-refractivity contribution is 0.588. The van der Waals surface area contributed by atoms with E-state index in [4.69, 9.17) is 0 Å². The smallest absolute Gasteiger partial charge is 0.235 e. The predicted molar refractivity (Wildman–Crippen MR) is 95.9 cm³/mol. The fraction of sp³-hybridized carbons (Fsp3) is 0.368. The molecule has 2 heterocycles. The van der Waals surface area contributed by atoms with Gasteiger partial charge in [-0.05, 0) is 31.9 Å². The summed E-state index contributed by atoms with van der Waals surface area (Å²) in [5.74, 6) is 0.107. The van der Waals surface area contributed by atoms with E-state index >= 15 is 0 Å². The molecule has 0 unspecified atom stereocenters. The van der Waals surface area contributed by atoms with Crippen LogP contribution >= 0.6 is 0 Å². The molecule has 0 saturated carbocycles. The molecule has 0 bridgehead atoms. The number of rotatable bonds is 6. The van der Waals surface area contributed by atoms with Crippen LogP contribution in [-0.2, 0) is 0 Å². The van der Waals surface area contributed by atoms with E-state index in [-0.39, 0.29) is 5.56 Å². The van der Waals surface area contributed by atoms with Gasteiger partial charge in [0, 0.05) is 25.5 Å². The van der Waals surface area contributed by atoms with E-state index in [1.165, 1.54) is 18.2 Å². The van der Waals surface area contributed by atoms with E-state index < -0.39 is 11.6 Å². The molecule has 3 rings (SSSR count). The Bertz CT molecular complexity index is 862. The second-order valence-corrected chi connectivity index (χ2v) is 6.08. The first kappa shape index (κ1) is 17.3. The minimum absolute atomic E-state index is 0.0321. The maximum atomic E-state index is 14.5. The van der Waals surface area contributed by atoms with Crippen molar-refractivity contribution in [3.63, 3.8) is 0 Å². The molecule has 1 aromatic carbocycles. The van der Waals surface area contributed by atoms with E-state index in [0.29, 0.717) is 17.0 Å². The molecular formula is C19H22F2N4. The van der Waals surface area contributed by atoms with Crippen molar-refractivity contribution >= 4 is 11.6 Å². The summed E-state index contributed by atoms with van der Waals surface area (Å²) in [5, 5.41) is 0. The van der Waals surface area contributed by atoms with Gasteiger partial charge in [0.1, 0.15) is 17.5 Å². The van der Waals surface area contributed by atoms with Crippen LogP contribution < -0.4 is 4.90 Å².